The van der Waals surface area contributed by atoms with Gasteiger partial charge in [-0.15, -0.1) is 0 Å². The lowest BCUT2D eigenvalue weighted by Gasteiger charge is -2.22. The Morgan fingerprint density at radius 3 is 1.88 bits per heavy atom. The number of hydrogen-bond donors (Lipinski definition) is 1. The van der Waals surface area contributed by atoms with Crippen LogP contribution < -0.4 is 0 Å². The zero-order valence-corrected chi connectivity index (χ0v) is 12.0. The van der Waals surface area contributed by atoms with Crippen molar-refractivity contribution in [3.05, 3.63) is 0 Å². The van der Waals surface area contributed by atoms with Crippen LogP contribution in [0, 0.1) is 11.3 Å². The molecule has 0 aliphatic heterocycles. The maximum Gasteiger partial charge on any atom is 0.309 e. The van der Waals surface area contributed by atoms with Crippen LogP contribution in [0.3, 0.4) is 0 Å². The highest BCUT2D eigenvalue weighted by atomic mass is 16.4. The zero-order chi connectivity index (χ0) is 13.2. The van der Waals surface area contributed by atoms with E-state index in [1.54, 1.807) is 0 Å². The van der Waals surface area contributed by atoms with Gasteiger partial charge in [0.1, 0.15) is 0 Å². The molecule has 0 fully saturated rings. The second-order valence-electron chi connectivity index (χ2n) is 5.13. The molecule has 0 rings (SSSR count). The van der Waals surface area contributed by atoms with Gasteiger partial charge in [-0.3, -0.25) is 4.79 Å². The summed E-state index contributed by atoms with van der Waals surface area (Å²) in [6.07, 6.45) is 4.91. The van der Waals surface area contributed by atoms with Gasteiger partial charge in [0.25, 0.3) is 0 Å². The smallest absolute Gasteiger partial charge is 0.309 e. The van der Waals surface area contributed by atoms with Crippen molar-refractivity contribution in [2.24, 2.45) is 11.3 Å². The lowest BCUT2D eigenvalue weighted by molar-refractivity contribution is -0.148. The summed E-state index contributed by atoms with van der Waals surface area (Å²) in [5.74, 6) is 0.225. The SMILES string of the molecule is CCC(C)C.CCCCC(C)(CC)C(=O)O. The number of aliphatic carboxylic acids is 1. The van der Waals surface area contributed by atoms with E-state index in [2.05, 4.69) is 27.7 Å². The lowest BCUT2D eigenvalue weighted by atomic mass is 9.82. The van der Waals surface area contributed by atoms with Crippen LogP contribution in [0.15, 0.2) is 0 Å². The summed E-state index contributed by atoms with van der Waals surface area (Å²) in [4.78, 5) is 10.8. The maximum absolute atomic E-state index is 10.8. The van der Waals surface area contributed by atoms with Crippen LogP contribution in [0.1, 0.15) is 73.6 Å². The molecule has 0 heterocycles. The Hall–Kier alpha value is -0.530. The molecule has 2 heteroatoms. The van der Waals surface area contributed by atoms with Gasteiger partial charge in [-0.1, -0.05) is 53.9 Å². The van der Waals surface area contributed by atoms with Crippen molar-refractivity contribution in [2.45, 2.75) is 73.6 Å². The quantitative estimate of drug-likeness (QED) is 0.716. The molecule has 0 bridgehead atoms. The van der Waals surface area contributed by atoms with Crippen molar-refractivity contribution in [1.29, 1.82) is 0 Å². The minimum Gasteiger partial charge on any atom is -0.481 e. The van der Waals surface area contributed by atoms with E-state index in [-0.39, 0.29) is 0 Å². The first-order chi connectivity index (χ1) is 7.33. The molecule has 0 aromatic heterocycles. The summed E-state index contributed by atoms with van der Waals surface area (Å²) < 4.78 is 0. The molecule has 2 nitrogen and oxygen atoms in total. The molecule has 1 unspecified atom stereocenters. The van der Waals surface area contributed by atoms with Crippen molar-refractivity contribution < 1.29 is 9.90 Å². The number of carboxylic acid groups (broad SMARTS) is 1. The number of rotatable bonds is 6. The number of carbonyl (C=O) groups is 1. The van der Waals surface area contributed by atoms with E-state index in [1.165, 1.54) is 6.42 Å². The van der Waals surface area contributed by atoms with Crippen molar-refractivity contribution >= 4 is 5.97 Å². The van der Waals surface area contributed by atoms with Crippen LogP contribution in [0.2, 0.25) is 0 Å². The van der Waals surface area contributed by atoms with E-state index in [0.717, 1.165) is 31.6 Å². The second-order valence-corrected chi connectivity index (χ2v) is 5.13. The van der Waals surface area contributed by atoms with E-state index >= 15 is 0 Å². The molecular weight excluding hydrogens is 200 g/mol. The molecule has 0 saturated carbocycles. The van der Waals surface area contributed by atoms with Gasteiger partial charge in [-0.25, -0.2) is 0 Å². The first kappa shape index (κ1) is 17.9. The summed E-state index contributed by atoms with van der Waals surface area (Å²) in [7, 11) is 0. The van der Waals surface area contributed by atoms with E-state index in [4.69, 9.17) is 5.11 Å². The molecular formula is C14H30O2. The minimum atomic E-state index is -0.659. The molecule has 1 atom stereocenters. The van der Waals surface area contributed by atoms with Gasteiger partial charge in [0.05, 0.1) is 5.41 Å². The zero-order valence-electron chi connectivity index (χ0n) is 12.0. The van der Waals surface area contributed by atoms with Crippen LogP contribution in [-0.2, 0) is 4.79 Å². The third kappa shape index (κ3) is 8.75. The van der Waals surface area contributed by atoms with Gasteiger partial charge in [-0.2, -0.15) is 0 Å². The first-order valence-electron chi connectivity index (χ1n) is 6.57. The predicted octanol–water partition coefficient (Wildman–Crippen LogP) is 4.73. The Balaban J connectivity index is 0. The summed E-state index contributed by atoms with van der Waals surface area (Å²) in [5, 5.41) is 8.86. The van der Waals surface area contributed by atoms with Gasteiger partial charge in [0.2, 0.25) is 0 Å². The summed E-state index contributed by atoms with van der Waals surface area (Å²) in [5.41, 5.74) is -0.490. The highest BCUT2D eigenvalue weighted by molar-refractivity contribution is 5.73. The van der Waals surface area contributed by atoms with Crippen LogP contribution in [-0.4, -0.2) is 11.1 Å². The molecule has 0 aromatic rings. The third-order valence-electron chi connectivity index (χ3n) is 3.20. The molecule has 0 spiro atoms. The van der Waals surface area contributed by atoms with Gasteiger partial charge < -0.3 is 5.11 Å². The maximum atomic E-state index is 10.8. The molecule has 1 N–H and O–H groups in total. The molecule has 0 aliphatic rings. The third-order valence-corrected chi connectivity index (χ3v) is 3.20. The second kappa shape index (κ2) is 9.68. The Kier molecular flexibility index (Phi) is 10.8. The largest absolute Gasteiger partial charge is 0.481 e. The average Bonchev–Trinajstić information content (AvgIpc) is 2.26. The van der Waals surface area contributed by atoms with E-state index in [1.807, 2.05) is 13.8 Å². The lowest BCUT2D eigenvalue weighted by Crippen LogP contribution is -2.26. The standard InChI is InChI=1S/C9H18O2.C5H12/c1-4-6-7-9(3,5-2)8(10)11;1-4-5(2)3/h4-7H2,1-3H3,(H,10,11);5H,4H2,1-3H3. The van der Waals surface area contributed by atoms with Crippen LogP contribution in [0.5, 0.6) is 0 Å². The van der Waals surface area contributed by atoms with Crippen molar-refractivity contribution in [2.75, 3.05) is 0 Å². The minimum absolute atomic E-state index is 0.490. The normalized spacial score (nSPS) is 13.9. The number of hydrogen-bond acceptors (Lipinski definition) is 1. The Morgan fingerprint density at radius 1 is 1.25 bits per heavy atom. The van der Waals surface area contributed by atoms with Gasteiger partial charge in [0.15, 0.2) is 0 Å². The highest BCUT2D eigenvalue weighted by Crippen LogP contribution is 2.27. The molecule has 0 radical (unpaired) electrons. The molecule has 0 saturated heterocycles. The molecule has 0 aliphatic carbocycles. The fourth-order valence-electron chi connectivity index (χ4n) is 1.00. The van der Waals surface area contributed by atoms with Gasteiger partial charge in [-0.05, 0) is 25.7 Å². The number of unbranched alkanes of at least 4 members (excludes halogenated alkanes) is 1. The van der Waals surface area contributed by atoms with Crippen LogP contribution in [0.4, 0.5) is 0 Å². The van der Waals surface area contributed by atoms with Crippen molar-refractivity contribution in [1.82, 2.24) is 0 Å². The predicted molar refractivity (Wildman–Crippen MR) is 70.7 cm³/mol. The van der Waals surface area contributed by atoms with E-state index in [0.29, 0.717) is 0 Å². The van der Waals surface area contributed by atoms with Crippen LogP contribution in [0.25, 0.3) is 0 Å². The summed E-state index contributed by atoms with van der Waals surface area (Å²) >= 11 is 0. The Labute approximate surface area is 101 Å². The molecule has 16 heavy (non-hydrogen) atoms. The van der Waals surface area contributed by atoms with Crippen LogP contribution >= 0.6 is 0 Å². The number of carboxylic acids is 1. The van der Waals surface area contributed by atoms with Gasteiger partial charge >= 0.3 is 5.97 Å². The molecule has 0 aromatic carbocycles. The topological polar surface area (TPSA) is 37.3 Å². The van der Waals surface area contributed by atoms with E-state index < -0.39 is 11.4 Å². The fraction of sp³-hybridized carbons (Fsp3) is 0.929. The Morgan fingerprint density at radius 2 is 1.69 bits per heavy atom. The van der Waals surface area contributed by atoms with Gasteiger partial charge in [0, 0.05) is 0 Å². The Bertz CT molecular complexity index is 176. The average molecular weight is 230 g/mol. The highest BCUT2D eigenvalue weighted by Gasteiger charge is 2.29. The summed E-state index contributed by atoms with van der Waals surface area (Å²) in [6, 6.07) is 0. The van der Waals surface area contributed by atoms with Crippen molar-refractivity contribution in [3.63, 3.8) is 0 Å². The first-order valence-corrected chi connectivity index (χ1v) is 6.57. The molecule has 98 valence electrons. The monoisotopic (exact) mass is 230 g/mol. The fourth-order valence-corrected chi connectivity index (χ4v) is 1.00. The van der Waals surface area contributed by atoms with Crippen molar-refractivity contribution in [3.8, 4) is 0 Å². The molecule has 0 amide bonds. The van der Waals surface area contributed by atoms with E-state index in [9.17, 15) is 4.79 Å². The summed E-state index contributed by atoms with van der Waals surface area (Å²) in [6.45, 7) is 12.5.